The second-order valence-corrected chi connectivity index (χ2v) is 3.99. The molecule has 0 amide bonds. The third kappa shape index (κ3) is 2.09. The number of rotatable bonds is 0. The van der Waals surface area contributed by atoms with Gasteiger partial charge in [0.25, 0.3) is 0 Å². The van der Waals surface area contributed by atoms with E-state index in [1.54, 1.807) is 11.6 Å². The van der Waals surface area contributed by atoms with Crippen molar-refractivity contribution in [3.8, 4) is 0 Å². The maximum Gasteiger partial charge on any atom is 0.156 e. The third-order valence-electron chi connectivity index (χ3n) is 3.02. The summed E-state index contributed by atoms with van der Waals surface area (Å²) in [5.41, 5.74) is 3.08. The first-order chi connectivity index (χ1) is 6.36. The minimum absolute atomic E-state index is 0.292. The molecule has 0 aliphatic heterocycles. The van der Waals surface area contributed by atoms with Crippen LogP contribution in [0.25, 0.3) is 0 Å². The molecule has 1 nitrogen and oxygen atoms in total. The molecule has 2 rings (SSSR count). The second-order valence-electron chi connectivity index (χ2n) is 3.99. The molecule has 0 heterocycles. The van der Waals surface area contributed by atoms with Gasteiger partial charge in [-0.15, -0.1) is 0 Å². The fraction of sp³-hybridized carbons (Fsp3) is 0.583. The fourth-order valence-corrected chi connectivity index (χ4v) is 2.21. The van der Waals surface area contributed by atoms with Crippen LogP contribution in [0.15, 0.2) is 23.3 Å². The van der Waals surface area contributed by atoms with Crippen molar-refractivity contribution < 1.29 is 4.79 Å². The lowest BCUT2D eigenvalue weighted by Crippen LogP contribution is -2.04. The van der Waals surface area contributed by atoms with Crippen LogP contribution in [-0.2, 0) is 4.79 Å². The predicted octanol–water partition coefficient (Wildman–Crippen LogP) is 3.17. The first kappa shape index (κ1) is 8.74. The summed E-state index contributed by atoms with van der Waals surface area (Å²) in [6.07, 6.45) is 12.1. The van der Waals surface area contributed by atoms with Crippen molar-refractivity contribution in [3.05, 3.63) is 23.3 Å². The van der Waals surface area contributed by atoms with Crippen molar-refractivity contribution in [2.24, 2.45) is 0 Å². The summed E-state index contributed by atoms with van der Waals surface area (Å²) in [6.45, 7) is 0. The highest BCUT2D eigenvalue weighted by molar-refractivity contribution is 5.91. The topological polar surface area (TPSA) is 17.1 Å². The molecule has 0 spiro atoms. The van der Waals surface area contributed by atoms with E-state index in [9.17, 15) is 4.79 Å². The molecule has 0 aromatic heterocycles. The van der Waals surface area contributed by atoms with E-state index < -0.39 is 0 Å². The highest BCUT2D eigenvalue weighted by Gasteiger charge is 2.13. The molecule has 1 saturated carbocycles. The second kappa shape index (κ2) is 3.91. The van der Waals surface area contributed by atoms with E-state index in [4.69, 9.17) is 0 Å². The zero-order chi connectivity index (χ0) is 9.10. The lowest BCUT2D eigenvalue weighted by molar-refractivity contribution is -0.114. The molecule has 0 aromatic rings. The molecule has 0 atom stereocenters. The van der Waals surface area contributed by atoms with Crippen LogP contribution in [0.2, 0.25) is 0 Å². The van der Waals surface area contributed by atoms with Crippen molar-refractivity contribution in [2.45, 2.75) is 44.9 Å². The van der Waals surface area contributed by atoms with Gasteiger partial charge in [0.05, 0.1) is 0 Å². The molecule has 2 aliphatic carbocycles. The van der Waals surface area contributed by atoms with Gasteiger partial charge in [0.15, 0.2) is 5.78 Å². The Morgan fingerprint density at radius 2 is 1.62 bits per heavy atom. The smallest absolute Gasteiger partial charge is 0.156 e. The molecule has 1 heteroatoms. The van der Waals surface area contributed by atoms with Crippen molar-refractivity contribution in [1.29, 1.82) is 0 Å². The number of ketones is 1. The number of hydrogen-bond acceptors (Lipinski definition) is 1. The fourth-order valence-electron chi connectivity index (χ4n) is 2.21. The Morgan fingerprint density at radius 3 is 2.23 bits per heavy atom. The summed E-state index contributed by atoms with van der Waals surface area (Å²) >= 11 is 0. The van der Waals surface area contributed by atoms with Crippen molar-refractivity contribution in [3.63, 3.8) is 0 Å². The molecular weight excluding hydrogens is 160 g/mol. The average molecular weight is 176 g/mol. The van der Waals surface area contributed by atoms with Crippen molar-refractivity contribution in [1.82, 2.24) is 0 Å². The summed E-state index contributed by atoms with van der Waals surface area (Å²) in [5, 5.41) is 0. The molecule has 0 bridgehead atoms. The van der Waals surface area contributed by atoms with Gasteiger partial charge in [-0.2, -0.15) is 0 Å². The van der Waals surface area contributed by atoms with Gasteiger partial charge in [0.1, 0.15) is 0 Å². The number of allylic oxidation sites excluding steroid dienone is 4. The minimum atomic E-state index is 0.292. The molecule has 70 valence electrons. The van der Waals surface area contributed by atoms with Crippen LogP contribution in [0.1, 0.15) is 44.9 Å². The summed E-state index contributed by atoms with van der Waals surface area (Å²) < 4.78 is 0. The maximum absolute atomic E-state index is 11.0. The predicted molar refractivity (Wildman–Crippen MR) is 53.5 cm³/mol. The van der Waals surface area contributed by atoms with Gasteiger partial charge in [-0.1, -0.05) is 18.1 Å². The van der Waals surface area contributed by atoms with E-state index in [0.29, 0.717) is 5.78 Å². The van der Waals surface area contributed by atoms with E-state index in [1.165, 1.54) is 37.7 Å². The Bertz CT molecular complexity index is 263. The van der Waals surface area contributed by atoms with Crippen LogP contribution in [0.4, 0.5) is 0 Å². The molecule has 0 aromatic carbocycles. The van der Waals surface area contributed by atoms with E-state index in [0.717, 1.165) is 12.8 Å². The molecule has 0 unspecified atom stereocenters. The normalized spacial score (nSPS) is 23.8. The van der Waals surface area contributed by atoms with Crippen LogP contribution >= 0.6 is 0 Å². The van der Waals surface area contributed by atoms with Gasteiger partial charge in [-0.05, 0) is 43.8 Å². The van der Waals surface area contributed by atoms with Crippen LogP contribution in [0.3, 0.4) is 0 Å². The molecule has 0 saturated heterocycles. The standard InChI is InChI=1S/C12H16O/c13-12-8-6-11(7-9-12)10-4-2-1-3-5-10/h6,8H,1-5,7,9H2. The number of hydrogen-bond donors (Lipinski definition) is 0. The quantitative estimate of drug-likeness (QED) is 0.554. The Kier molecular flexibility index (Phi) is 2.62. The molecule has 13 heavy (non-hydrogen) atoms. The van der Waals surface area contributed by atoms with E-state index >= 15 is 0 Å². The Balaban J connectivity index is 2.13. The summed E-state index contributed by atoms with van der Waals surface area (Å²) in [5.74, 6) is 0.292. The monoisotopic (exact) mass is 176 g/mol. The maximum atomic E-state index is 11.0. The van der Waals surface area contributed by atoms with Crippen molar-refractivity contribution in [2.75, 3.05) is 0 Å². The molecule has 1 fully saturated rings. The highest BCUT2D eigenvalue weighted by Crippen LogP contribution is 2.29. The van der Waals surface area contributed by atoms with Gasteiger partial charge >= 0.3 is 0 Å². The Morgan fingerprint density at radius 1 is 0.846 bits per heavy atom. The van der Waals surface area contributed by atoms with Crippen molar-refractivity contribution >= 4 is 5.78 Å². The van der Waals surface area contributed by atoms with E-state index in [2.05, 4.69) is 0 Å². The Labute approximate surface area is 79.5 Å². The first-order valence-electron chi connectivity index (χ1n) is 5.28. The largest absolute Gasteiger partial charge is 0.295 e. The molecule has 0 N–H and O–H groups in total. The van der Waals surface area contributed by atoms with Gasteiger partial charge < -0.3 is 0 Å². The lowest BCUT2D eigenvalue weighted by atomic mass is 9.87. The van der Waals surface area contributed by atoms with Crippen LogP contribution < -0.4 is 0 Å². The number of carbonyl (C=O) groups excluding carboxylic acids is 1. The summed E-state index contributed by atoms with van der Waals surface area (Å²) in [6, 6.07) is 0. The zero-order valence-electron chi connectivity index (χ0n) is 8.01. The third-order valence-corrected chi connectivity index (χ3v) is 3.02. The first-order valence-corrected chi connectivity index (χ1v) is 5.28. The summed E-state index contributed by atoms with van der Waals surface area (Å²) in [4.78, 5) is 11.0. The number of carbonyl (C=O) groups is 1. The Hall–Kier alpha value is -0.850. The SMILES string of the molecule is O=C1C=CC(=C2CCCCC2)CC1. The average Bonchev–Trinajstić information content (AvgIpc) is 2.20. The van der Waals surface area contributed by atoms with Crippen LogP contribution in [-0.4, -0.2) is 5.78 Å². The van der Waals surface area contributed by atoms with Gasteiger partial charge in [0, 0.05) is 6.42 Å². The van der Waals surface area contributed by atoms with Crippen LogP contribution in [0.5, 0.6) is 0 Å². The van der Waals surface area contributed by atoms with Gasteiger partial charge in [-0.3, -0.25) is 4.79 Å². The van der Waals surface area contributed by atoms with Gasteiger partial charge in [0.2, 0.25) is 0 Å². The zero-order valence-corrected chi connectivity index (χ0v) is 8.01. The van der Waals surface area contributed by atoms with E-state index in [-0.39, 0.29) is 0 Å². The minimum Gasteiger partial charge on any atom is -0.295 e. The van der Waals surface area contributed by atoms with E-state index in [1.807, 2.05) is 6.08 Å². The molecular formula is C12H16O. The summed E-state index contributed by atoms with van der Waals surface area (Å²) in [7, 11) is 0. The molecule has 2 aliphatic rings. The lowest BCUT2D eigenvalue weighted by Gasteiger charge is -2.18. The highest BCUT2D eigenvalue weighted by atomic mass is 16.1. The van der Waals surface area contributed by atoms with Crippen LogP contribution in [0, 0.1) is 0 Å². The molecule has 0 radical (unpaired) electrons. The van der Waals surface area contributed by atoms with Gasteiger partial charge in [-0.25, -0.2) is 0 Å².